The van der Waals surface area contributed by atoms with Crippen LogP contribution in [0.15, 0.2) is 36.5 Å². The average molecular weight is 465 g/mol. The maximum absolute atomic E-state index is 16.6. The Labute approximate surface area is 205 Å². The number of hydrogen-bond acceptors (Lipinski definition) is 3. The number of alkyl halides is 1. The monoisotopic (exact) mass is 465 g/mol. The number of nitrogens with zero attached hydrogens (tertiary/aromatic N) is 2. The standard InChI is InChI=1S/C20H28B6ClF2N3O/c1-11-2-5-15(30-9-11)18(21,22)31-10-17(29)6-7-32(20(25,26)19(17,23)24)16(33)12-3-4-14(28)13(27)8-12/h2-5,8-9,31H,6-7,10,21-26H2,1H3. The third-order valence-corrected chi connectivity index (χ3v) is 8.12. The van der Waals surface area contributed by atoms with Crippen LogP contribution in [0.4, 0.5) is 8.78 Å². The highest BCUT2D eigenvalue weighted by molar-refractivity contribution is 6.55. The zero-order chi connectivity index (χ0) is 24.8. The van der Waals surface area contributed by atoms with Crippen molar-refractivity contribution in [1.29, 1.82) is 0 Å². The predicted octanol–water partition coefficient (Wildman–Crippen LogP) is -2.29. The van der Waals surface area contributed by atoms with Crippen LogP contribution in [0.3, 0.4) is 0 Å². The summed E-state index contributed by atoms with van der Waals surface area (Å²) in [5, 5.41) is 1.06. The first-order valence-electron chi connectivity index (χ1n) is 11.3. The van der Waals surface area contributed by atoms with Crippen LogP contribution < -0.4 is 5.32 Å². The number of hydrogen-bond donors (Lipinski definition) is 1. The molecular formula is C20H28B6ClF2N3O. The fourth-order valence-corrected chi connectivity index (χ4v) is 4.69. The summed E-state index contributed by atoms with van der Waals surface area (Å²) < 4.78 is 30.2. The molecule has 13 heteroatoms. The Balaban J connectivity index is 1.83. The number of benzene rings is 1. The lowest BCUT2D eigenvalue weighted by atomic mass is 9.27. The molecule has 168 valence electrons. The van der Waals surface area contributed by atoms with E-state index in [0.717, 1.165) is 11.3 Å². The van der Waals surface area contributed by atoms with Gasteiger partial charge in [0.15, 0.2) is 0 Å². The Morgan fingerprint density at radius 2 is 1.91 bits per heavy atom. The highest BCUT2D eigenvalue weighted by atomic mass is 35.5. The molecule has 1 amide bonds. The normalized spacial score (nSPS) is 22.1. The Bertz CT molecular complexity index is 1060. The molecule has 1 aliphatic heterocycles. The molecule has 1 aromatic heterocycles. The van der Waals surface area contributed by atoms with Gasteiger partial charge in [0.2, 0.25) is 0 Å². The number of pyridine rings is 1. The second-order valence-electron chi connectivity index (χ2n) is 10.7. The number of piperidine rings is 1. The molecule has 1 saturated heterocycles. The van der Waals surface area contributed by atoms with Crippen molar-refractivity contribution in [2.24, 2.45) is 0 Å². The van der Waals surface area contributed by atoms with Crippen molar-refractivity contribution in [2.75, 3.05) is 13.1 Å². The number of rotatable bonds is 5. The third-order valence-electron chi connectivity index (χ3n) is 7.83. The first kappa shape index (κ1) is 26.0. The van der Waals surface area contributed by atoms with Gasteiger partial charge in [0.1, 0.15) is 58.6 Å². The zero-order valence-electron chi connectivity index (χ0n) is 20.5. The maximum atomic E-state index is 16.6. The molecule has 1 N–H and O–H groups in total. The minimum atomic E-state index is -1.57. The number of halogens is 3. The molecular weight excluding hydrogens is 437 g/mol. The van der Waals surface area contributed by atoms with Crippen LogP contribution in [0.5, 0.6) is 0 Å². The molecule has 0 spiro atoms. The molecule has 3 rings (SSSR count). The number of nitrogens with one attached hydrogen (secondary N) is 1. The van der Waals surface area contributed by atoms with E-state index in [1.807, 2.05) is 72.3 Å². The highest BCUT2D eigenvalue weighted by Gasteiger charge is 2.59. The lowest BCUT2D eigenvalue weighted by molar-refractivity contribution is 0.0132. The lowest BCUT2D eigenvalue weighted by Gasteiger charge is -2.61. The molecule has 0 saturated carbocycles. The summed E-state index contributed by atoms with van der Waals surface area (Å²) in [4.78, 5) is 19.5. The van der Waals surface area contributed by atoms with E-state index >= 15 is 4.39 Å². The van der Waals surface area contributed by atoms with Crippen molar-refractivity contribution < 1.29 is 13.6 Å². The Hall–Kier alpha value is -1.66. The number of carbonyl (C=O) groups excluding carboxylic acids is 1. The molecule has 1 atom stereocenters. The van der Waals surface area contributed by atoms with E-state index < -0.39 is 27.4 Å². The molecule has 1 aliphatic rings. The van der Waals surface area contributed by atoms with Crippen LogP contribution in [0, 0.1) is 12.7 Å². The van der Waals surface area contributed by atoms with Gasteiger partial charge in [0.25, 0.3) is 5.91 Å². The van der Waals surface area contributed by atoms with Crippen LogP contribution >= 0.6 is 11.6 Å². The fraction of sp³-hybridized carbons (Fsp3) is 0.400. The second-order valence-corrected chi connectivity index (χ2v) is 11.1. The molecule has 33 heavy (non-hydrogen) atoms. The molecule has 1 unspecified atom stereocenters. The zero-order valence-corrected chi connectivity index (χ0v) is 21.3. The molecule has 1 fully saturated rings. The van der Waals surface area contributed by atoms with Crippen LogP contribution in [0.25, 0.3) is 0 Å². The Morgan fingerprint density at radius 1 is 1.24 bits per heavy atom. The van der Waals surface area contributed by atoms with Gasteiger partial charge in [-0.3, -0.25) is 9.78 Å². The van der Waals surface area contributed by atoms with Crippen molar-refractivity contribution in [3.63, 3.8) is 0 Å². The Kier molecular flexibility index (Phi) is 6.96. The van der Waals surface area contributed by atoms with E-state index in [1.54, 1.807) is 4.90 Å². The molecule has 2 aromatic rings. The van der Waals surface area contributed by atoms with E-state index in [9.17, 15) is 9.18 Å². The largest absolute Gasteiger partial charge is 0.349 e. The summed E-state index contributed by atoms with van der Waals surface area (Å²) in [5.74, 6) is -0.861. The first-order valence-corrected chi connectivity index (χ1v) is 11.6. The minimum absolute atomic E-state index is 0.106. The summed E-state index contributed by atoms with van der Waals surface area (Å²) in [6, 6.07) is 7.89. The van der Waals surface area contributed by atoms with Gasteiger partial charge in [-0.1, -0.05) is 17.7 Å². The highest BCUT2D eigenvalue weighted by Crippen LogP contribution is 2.51. The minimum Gasteiger partial charge on any atom is -0.349 e. The van der Waals surface area contributed by atoms with E-state index in [1.165, 1.54) is 18.2 Å². The average Bonchev–Trinajstić information content (AvgIpc) is 2.73. The number of aromatic nitrogens is 1. The molecule has 0 bridgehead atoms. The number of likely N-dealkylation sites (tertiary alicyclic amines) is 1. The Morgan fingerprint density at radius 3 is 2.48 bits per heavy atom. The second kappa shape index (κ2) is 8.84. The van der Waals surface area contributed by atoms with Crippen LogP contribution in [0.2, 0.25) is 10.2 Å². The maximum Gasteiger partial charge on any atom is 0.253 e. The van der Waals surface area contributed by atoms with E-state index in [-0.39, 0.29) is 30.4 Å². The van der Waals surface area contributed by atoms with E-state index in [0.29, 0.717) is 5.56 Å². The van der Waals surface area contributed by atoms with Crippen molar-refractivity contribution in [3.05, 3.63) is 64.2 Å². The van der Waals surface area contributed by atoms with E-state index in [2.05, 4.69) is 10.3 Å². The van der Waals surface area contributed by atoms with Crippen LogP contribution in [0.1, 0.15) is 28.0 Å². The molecule has 4 nitrogen and oxygen atoms in total. The molecule has 1 aromatic carbocycles. The van der Waals surface area contributed by atoms with Gasteiger partial charge in [-0.2, -0.15) is 0 Å². The summed E-state index contributed by atoms with van der Waals surface area (Å²) in [6.07, 6.45) is 1.98. The number of aryl methyl sites for hydroxylation is 1. The van der Waals surface area contributed by atoms with Gasteiger partial charge < -0.3 is 10.2 Å². The number of amides is 1. The van der Waals surface area contributed by atoms with Crippen LogP contribution in [-0.2, 0) is 5.34 Å². The van der Waals surface area contributed by atoms with Gasteiger partial charge in [0.05, 0.1) is 5.02 Å². The SMILES string of the molecule is BC(B)(NCC1(F)CCN(C(=O)c2ccc(F)c(Cl)c2)C(B)(B)C1(B)B)c1ccc(C)cn1. The van der Waals surface area contributed by atoms with Crippen LogP contribution in [-0.4, -0.2) is 87.0 Å². The summed E-state index contributed by atoms with van der Waals surface area (Å²) in [7, 11) is 11.5. The van der Waals surface area contributed by atoms with Crippen molar-refractivity contribution in [1.82, 2.24) is 15.2 Å². The molecule has 0 radical (unpaired) electrons. The molecule has 2 heterocycles. The molecule has 0 aliphatic carbocycles. The summed E-state index contributed by atoms with van der Waals surface area (Å²) in [5.41, 5.74) is 0.630. The van der Waals surface area contributed by atoms with Crippen molar-refractivity contribution in [3.8, 4) is 0 Å². The van der Waals surface area contributed by atoms with Crippen molar-refractivity contribution in [2.45, 2.75) is 34.9 Å². The quantitative estimate of drug-likeness (QED) is 0.507. The predicted molar refractivity (Wildman–Crippen MR) is 146 cm³/mol. The van der Waals surface area contributed by atoms with Gasteiger partial charge in [0, 0.05) is 30.5 Å². The van der Waals surface area contributed by atoms with Gasteiger partial charge in [-0.25, -0.2) is 8.78 Å². The summed E-state index contributed by atoms with van der Waals surface area (Å²) in [6.45, 7) is 2.34. The summed E-state index contributed by atoms with van der Waals surface area (Å²) >= 11 is 5.89. The van der Waals surface area contributed by atoms with Gasteiger partial charge >= 0.3 is 0 Å². The first-order chi connectivity index (χ1) is 15.1. The topological polar surface area (TPSA) is 45.2 Å². The van der Waals surface area contributed by atoms with Gasteiger partial charge in [-0.05, 0) is 59.1 Å². The lowest BCUT2D eigenvalue weighted by Crippen LogP contribution is -2.73. The third kappa shape index (κ3) is 4.66. The smallest absolute Gasteiger partial charge is 0.253 e. The van der Waals surface area contributed by atoms with Gasteiger partial charge in [-0.15, -0.1) is 0 Å². The fourth-order valence-electron chi connectivity index (χ4n) is 4.51. The number of carbonyl (C=O) groups is 1. The van der Waals surface area contributed by atoms with E-state index in [4.69, 9.17) is 11.6 Å². The van der Waals surface area contributed by atoms with Crippen molar-refractivity contribution >= 4 is 64.6 Å².